The van der Waals surface area contributed by atoms with Crippen molar-refractivity contribution in [2.45, 2.75) is 0 Å². The van der Waals surface area contributed by atoms with E-state index in [1.165, 1.54) is 65.6 Å². The van der Waals surface area contributed by atoms with Crippen LogP contribution >= 0.6 is 0 Å². The lowest BCUT2D eigenvalue weighted by Gasteiger charge is -2.13. The Labute approximate surface area is 408 Å². The highest BCUT2D eigenvalue weighted by atomic mass is 15.2. The Hall–Kier alpha value is -9.58. The van der Waals surface area contributed by atoms with Crippen LogP contribution in [0.5, 0.6) is 0 Å². The first-order valence-corrected chi connectivity index (χ1v) is 24.2. The molecule has 0 radical (unpaired) electrons. The van der Waals surface area contributed by atoms with Crippen LogP contribution in [0.4, 0.5) is 0 Å². The van der Waals surface area contributed by atoms with Crippen molar-refractivity contribution in [3.8, 4) is 50.8 Å². The zero-order chi connectivity index (χ0) is 46.6. The Morgan fingerprint density at radius 1 is 0.254 bits per heavy atom. The van der Waals surface area contributed by atoms with Gasteiger partial charge in [0.05, 0.1) is 44.3 Å². The van der Waals surface area contributed by atoms with Crippen LogP contribution in [0, 0.1) is 0 Å². The molecule has 0 aliphatic heterocycles. The largest absolute Gasteiger partial charge is 0.309 e. The molecule has 4 aromatic heterocycles. The maximum absolute atomic E-state index is 5.48. The first kappa shape index (κ1) is 39.4. The first-order chi connectivity index (χ1) is 35.2. The van der Waals surface area contributed by atoms with Crippen LogP contribution in [0.25, 0.3) is 138 Å². The molecule has 15 aromatic rings. The van der Waals surface area contributed by atoms with Gasteiger partial charge in [0.25, 0.3) is 0 Å². The fourth-order valence-corrected chi connectivity index (χ4v) is 11.4. The van der Waals surface area contributed by atoms with E-state index in [4.69, 9.17) is 9.97 Å². The molecule has 5 nitrogen and oxygen atoms in total. The van der Waals surface area contributed by atoms with Crippen molar-refractivity contribution in [2.24, 2.45) is 0 Å². The van der Waals surface area contributed by atoms with Gasteiger partial charge in [-0.3, -0.25) is 4.57 Å². The summed E-state index contributed by atoms with van der Waals surface area (Å²) in [5.74, 6) is 0.639. The molecule has 71 heavy (non-hydrogen) atoms. The molecule has 15 rings (SSSR count). The normalized spacial score (nSPS) is 11.9. The quantitative estimate of drug-likeness (QED) is 0.167. The zero-order valence-corrected chi connectivity index (χ0v) is 38.4. The van der Waals surface area contributed by atoms with E-state index in [0.717, 1.165) is 66.4 Å². The van der Waals surface area contributed by atoms with Crippen molar-refractivity contribution in [1.29, 1.82) is 0 Å². The second-order valence-electron chi connectivity index (χ2n) is 18.6. The van der Waals surface area contributed by atoms with Gasteiger partial charge >= 0.3 is 0 Å². The first-order valence-electron chi connectivity index (χ1n) is 24.2. The van der Waals surface area contributed by atoms with Gasteiger partial charge in [0.2, 0.25) is 5.95 Å². The van der Waals surface area contributed by atoms with E-state index >= 15 is 0 Å². The molecule has 0 spiro atoms. The Morgan fingerprint density at radius 2 is 0.775 bits per heavy atom. The predicted molar refractivity (Wildman–Crippen MR) is 296 cm³/mol. The summed E-state index contributed by atoms with van der Waals surface area (Å²) in [6.45, 7) is 0. The van der Waals surface area contributed by atoms with Crippen molar-refractivity contribution < 1.29 is 0 Å². The van der Waals surface area contributed by atoms with Gasteiger partial charge in [-0.2, -0.15) is 0 Å². The summed E-state index contributed by atoms with van der Waals surface area (Å²) >= 11 is 0. The van der Waals surface area contributed by atoms with Gasteiger partial charge in [0.15, 0.2) is 0 Å². The van der Waals surface area contributed by atoms with Gasteiger partial charge in [-0.1, -0.05) is 182 Å². The fourth-order valence-electron chi connectivity index (χ4n) is 11.4. The third kappa shape index (κ3) is 6.06. The highest BCUT2D eigenvalue weighted by Gasteiger charge is 2.23. The molecule has 4 heterocycles. The molecule has 0 saturated carbocycles. The third-order valence-electron chi connectivity index (χ3n) is 14.6. The van der Waals surface area contributed by atoms with E-state index in [1.807, 2.05) is 0 Å². The van der Waals surface area contributed by atoms with E-state index < -0.39 is 0 Å². The summed E-state index contributed by atoms with van der Waals surface area (Å²) in [4.78, 5) is 10.8. The molecule has 330 valence electrons. The molecule has 11 aromatic carbocycles. The minimum atomic E-state index is 0.639. The molecular formula is C66H41N5. The summed E-state index contributed by atoms with van der Waals surface area (Å²) in [5.41, 5.74) is 16.6. The van der Waals surface area contributed by atoms with Crippen LogP contribution in [0.3, 0.4) is 0 Å². The van der Waals surface area contributed by atoms with Gasteiger partial charge in [0, 0.05) is 54.6 Å². The van der Waals surface area contributed by atoms with E-state index in [2.05, 4.69) is 262 Å². The Balaban J connectivity index is 0.928. The van der Waals surface area contributed by atoms with Crippen molar-refractivity contribution in [3.05, 3.63) is 249 Å². The highest BCUT2D eigenvalue weighted by molar-refractivity contribution is 6.29. The highest BCUT2D eigenvalue weighted by Crippen LogP contribution is 2.44. The number of hydrogen-bond acceptors (Lipinski definition) is 2. The van der Waals surface area contributed by atoms with Crippen molar-refractivity contribution >= 4 is 87.1 Å². The van der Waals surface area contributed by atoms with Crippen molar-refractivity contribution in [3.63, 3.8) is 0 Å². The van der Waals surface area contributed by atoms with Crippen LogP contribution in [0.15, 0.2) is 249 Å². The number of rotatable bonds is 6. The van der Waals surface area contributed by atoms with E-state index in [1.54, 1.807) is 0 Å². The molecule has 5 heteroatoms. The number of benzene rings is 11. The number of fused-ring (bicyclic) bond motifs is 12. The van der Waals surface area contributed by atoms with Crippen LogP contribution < -0.4 is 0 Å². The van der Waals surface area contributed by atoms with E-state index in [-0.39, 0.29) is 0 Å². The standard InChI is InChI=1S/C66H41N5/c1-2-15-42(16-3-1)44-29-31-45(32-30-44)47-19-14-20-49(40-47)69-58-27-12-8-23-54(58)63-60(69)37-38-61-64(63)55-24-9-13-28-59(55)70(61)50-35-36-52-51-21-7-11-26-57(51)71(62(52)41-50)66-67-56-25-10-6-22-53(56)65(68-66)48-34-33-43-17-4-5-18-46(43)39-48/h1-41H. The van der Waals surface area contributed by atoms with Gasteiger partial charge in [0.1, 0.15) is 0 Å². The van der Waals surface area contributed by atoms with Gasteiger partial charge in [-0.25, -0.2) is 9.97 Å². The lowest BCUT2D eigenvalue weighted by molar-refractivity contribution is 1.01. The lowest BCUT2D eigenvalue weighted by atomic mass is 10.00. The number of aromatic nitrogens is 5. The maximum Gasteiger partial charge on any atom is 0.235 e. The van der Waals surface area contributed by atoms with Crippen LogP contribution in [0.2, 0.25) is 0 Å². The lowest BCUT2D eigenvalue weighted by Crippen LogP contribution is -2.04. The van der Waals surface area contributed by atoms with Crippen molar-refractivity contribution in [2.75, 3.05) is 0 Å². The minimum Gasteiger partial charge on any atom is -0.309 e. The van der Waals surface area contributed by atoms with Crippen LogP contribution in [-0.2, 0) is 0 Å². The molecule has 0 atom stereocenters. The van der Waals surface area contributed by atoms with Crippen LogP contribution in [0.1, 0.15) is 0 Å². The Morgan fingerprint density at radius 3 is 1.49 bits per heavy atom. The summed E-state index contributed by atoms with van der Waals surface area (Å²) in [6, 6.07) is 89.8. The van der Waals surface area contributed by atoms with Crippen molar-refractivity contribution in [1.82, 2.24) is 23.7 Å². The second kappa shape index (κ2) is 15.5. The minimum absolute atomic E-state index is 0.639. The Bertz CT molecular complexity index is 4630. The molecule has 0 N–H and O–H groups in total. The van der Waals surface area contributed by atoms with E-state index in [9.17, 15) is 0 Å². The molecule has 0 saturated heterocycles. The maximum atomic E-state index is 5.48. The topological polar surface area (TPSA) is 40.6 Å². The molecule has 0 unspecified atom stereocenters. The zero-order valence-electron chi connectivity index (χ0n) is 38.4. The molecule has 0 aliphatic rings. The summed E-state index contributed by atoms with van der Waals surface area (Å²) < 4.78 is 7.15. The SMILES string of the molecule is c1ccc(-c2ccc(-c3cccc(-n4c5ccccc5c5c6c7ccccc7n(-c7ccc8c9ccccc9n(-c9nc(-c%10ccc%11ccccc%11c%10)c%10ccccc%10n9)c8c7)c6ccc54)c3)cc2)cc1. The van der Waals surface area contributed by atoms with Gasteiger partial charge in [-0.05, 0) is 99.8 Å². The van der Waals surface area contributed by atoms with Gasteiger partial charge in [-0.15, -0.1) is 0 Å². The molecule has 0 fully saturated rings. The fraction of sp³-hybridized carbons (Fsp3) is 0. The summed E-state index contributed by atoms with van der Waals surface area (Å²) in [5, 5.41) is 10.6. The number of hydrogen-bond donors (Lipinski definition) is 0. The summed E-state index contributed by atoms with van der Waals surface area (Å²) in [7, 11) is 0. The van der Waals surface area contributed by atoms with E-state index in [0.29, 0.717) is 5.95 Å². The molecule has 0 amide bonds. The molecular weight excluding hydrogens is 863 g/mol. The monoisotopic (exact) mass is 903 g/mol. The average Bonchev–Trinajstić information content (AvgIpc) is 4.08. The molecule has 0 bridgehead atoms. The smallest absolute Gasteiger partial charge is 0.235 e. The molecule has 0 aliphatic carbocycles. The van der Waals surface area contributed by atoms with Crippen LogP contribution in [-0.4, -0.2) is 23.7 Å². The predicted octanol–water partition coefficient (Wildman–Crippen LogP) is 17.1. The van der Waals surface area contributed by atoms with Gasteiger partial charge < -0.3 is 9.13 Å². The number of para-hydroxylation sites is 4. The second-order valence-corrected chi connectivity index (χ2v) is 18.6. The summed E-state index contributed by atoms with van der Waals surface area (Å²) in [6.07, 6.45) is 0. The number of nitrogens with zero attached hydrogens (tertiary/aromatic N) is 5. The average molecular weight is 904 g/mol. The Kier molecular flexibility index (Phi) is 8.59. The third-order valence-corrected chi connectivity index (χ3v) is 14.6.